The summed E-state index contributed by atoms with van der Waals surface area (Å²) in [5.41, 5.74) is 3.78. The maximum absolute atomic E-state index is 13.0. The highest BCUT2D eigenvalue weighted by Gasteiger charge is 2.28. The van der Waals surface area contributed by atoms with Crippen LogP contribution in [0.4, 0.5) is 0 Å². The van der Waals surface area contributed by atoms with E-state index in [0.29, 0.717) is 31.1 Å². The summed E-state index contributed by atoms with van der Waals surface area (Å²) < 4.78 is 27.6. The molecule has 0 radical (unpaired) electrons. The molecular weight excluding hydrogens is 428 g/mol. The van der Waals surface area contributed by atoms with E-state index < -0.39 is 10.0 Å². The predicted molar refractivity (Wildman–Crippen MR) is 128 cm³/mol. The van der Waals surface area contributed by atoms with E-state index in [4.69, 9.17) is 0 Å². The molecule has 1 heterocycles. The van der Waals surface area contributed by atoms with E-state index in [-0.39, 0.29) is 10.8 Å². The Balaban J connectivity index is 1.58. The van der Waals surface area contributed by atoms with Crippen LogP contribution >= 0.6 is 11.8 Å². The van der Waals surface area contributed by atoms with Gasteiger partial charge in [-0.15, -0.1) is 0 Å². The number of rotatable bonds is 8. The molecule has 7 heteroatoms. The molecule has 168 valence electrons. The van der Waals surface area contributed by atoms with Gasteiger partial charge in [-0.2, -0.15) is 16.1 Å². The van der Waals surface area contributed by atoms with E-state index >= 15 is 0 Å². The number of piperidine rings is 1. The molecular formula is C24H32N2O3S2. The summed E-state index contributed by atoms with van der Waals surface area (Å²) in [5.74, 6) is 2.03. The number of amides is 1. The number of aryl methyl sites for hydroxylation is 2. The summed E-state index contributed by atoms with van der Waals surface area (Å²) in [6, 6.07) is 13.2. The molecule has 0 aromatic heterocycles. The van der Waals surface area contributed by atoms with Crippen molar-refractivity contribution < 1.29 is 13.2 Å². The molecule has 1 N–H and O–H groups in total. The van der Waals surface area contributed by atoms with Crippen LogP contribution in [0.25, 0.3) is 0 Å². The SMILES string of the molecule is Cc1ccccc1CSCCNC(=O)c1cc(S(=O)(=O)N2CCC(C)CC2)ccc1C. The molecule has 0 bridgehead atoms. The van der Waals surface area contributed by atoms with Gasteiger partial charge in [0.1, 0.15) is 0 Å². The minimum absolute atomic E-state index is 0.201. The molecule has 1 saturated heterocycles. The smallest absolute Gasteiger partial charge is 0.251 e. The molecule has 0 saturated carbocycles. The molecule has 5 nitrogen and oxygen atoms in total. The number of carbonyl (C=O) groups excluding carboxylic acids is 1. The van der Waals surface area contributed by atoms with Crippen LogP contribution < -0.4 is 5.32 Å². The number of hydrogen-bond donors (Lipinski definition) is 1. The Bertz CT molecular complexity index is 1010. The van der Waals surface area contributed by atoms with Gasteiger partial charge in [0.15, 0.2) is 0 Å². The van der Waals surface area contributed by atoms with E-state index in [2.05, 4.69) is 31.3 Å². The van der Waals surface area contributed by atoms with Crippen molar-refractivity contribution in [3.05, 3.63) is 64.7 Å². The Morgan fingerprint density at radius 3 is 2.52 bits per heavy atom. The highest BCUT2D eigenvalue weighted by atomic mass is 32.2. The fraction of sp³-hybridized carbons (Fsp3) is 0.458. The average molecular weight is 461 g/mol. The van der Waals surface area contributed by atoms with Crippen LogP contribution in [0.5, 0.6) is 0 Å². The van der Waals surface area contributed by atoms with E-state index in [1.54, 1.807) is 28.2 Å². The van der Waals surface area contributed by atoms with Gasteiger partial charge in [0.05, 0.1) is 4.90 Å². The van der Waals surface area contributed by atoms with Crippen molar-refractivity contribution in [2.24, 2.45) is 5.92 Å². The highest BCUT2D eigenvalue weighted by molar-refractivity contribution is 7.98. The van der Waals surface area contributed by atoms with Crippen LogP contribution in [0.15, 0.2) is 47.4 Å². The highest BCUT2D eigenvalue weighted by Crippen LogP contribution is 2.25. The summed E-state index contributed by atoms with van der Waals surface area (Å²) in [6.07, 6.45) is 1.75. The summed E-state index contributed by atoms with van der Waals surface area (Å²) in [4.78, 5) is 12.9. The van der Waals surface area contributed by atoms with Gasteiger partial charge < -0.3 is 5.32 Å². The quantitative estimate of drug-likeness (QED) is 0.594. The number of benzene rings is 2. The number of hydrogen-bond acceptors (Lipinski definition) is 4. The first-order chi connectivity index (χ1) is 14.8. The van der Waals surface area contributed by atoms with Crippen molar-refractivity contribution in [2.45, 2.75) is 44.3 Å². The van der Waals surface area contributed by atoms with Gasteiger partial charge in [-0.05, 0) is 61.4 Å². The topological polar surface area (TPSA) is 66.5 Å². The second-order valence-corrected chi connectivity index (χ2v) is 11.3. The average Bonchev–Trinajstić information content (AvgIpc) is 2.75. The number of nitrogens with one attached hydrogen (secondary N) is 1. The first-order valence-corrected chi connectivity index (χ1v) is 13.4. The largest absolute Gasteiger partial charge is 0.351 e. The molecule has 0 aliphatic carbocycles. The molecule has 31 heavy (non-hydrogen) atoms. The van der Waals surface area contributed by atoms with Crippen molar-refractivity contribution in [1.82, 2.24) is 9.62 Å². The standard InChI is InChI=1S/C24H32N2O3S2/c1-18-10-13-26(14-11-18)31(28,29)22-9-8-20(3)23(16-22)24(27)25-12-15-30-17-21-7-5-4-6-19(21)2/h4-9,16,18H,10-15,17H2,1-3H3,(H,25,27). The minimum atomic E-state index is -3.57. The van der Waals surface area contributed by atoms with Gasteiger partial charge >= 0.3 is 0 Å². The van der Waals surface area contributed by atoms with Crippen molar-refractivity contribution in [3.63, 3.8) is 0 Å². The van der Waals surface area contributed by atoms with Gasteiger partial charge in [0, 0.05) is 36.7 Å². The Hall–Kier alpha value is -1.83. The molecule has 0 spiro atoms. The van der Waals surface area contributed by atoms with Gasteiger partial charge in [-0.3, -0.25) is 4.79 Å². The van der Waals surface area contributed by atoms with Crippen LogP contribution in [0.2, 0.25) is 0 Å². The van der Waals surface area contributed by atoms with Gasteiger partial charge in [-0.25, -0.2) is 8.42 Å². The lowest BCUT2D eigenvalue weighted by Gasteiger charge is -2.29. The molecule has 0 unspecified atom stereocenters. The lowest BCUT2D eigenvalue weighted by atomic mass is 10.0. The molecule has 1 aliphatic heterocycles. The third-order valence-electron chi connectivity index (χ3n) is 5.88. The van der Waals surface area contributed by atoms with Crippen LogP contribution in [-0.2, 0) is 15.8 Å². The first-order valence-electron chi connectivity index (χ1n) is 10.8. The minimum Gasteiger partial charge on any atom is -0.351 e. The van der Waals surface area contributed by atoms with Crippen molar-refractivity contribution in [3.8, 4) is 0 Å². The number of carbonyl (C=O) groups is 1. The number of sulfonamides is 1. The second kappa shape index (κ2) is 10.7. The Morgan fingerprint density at radius 1 is 1.10 bits per heavy atom. The van der Waals surface area contributed by atoms with E-state index in [0.717, 1.165) is 29.9 Å². The zero-order valence-electron chi connectivity index (χ0n) is 18.6. The zero-order chi connectivity index (χ0) is 22.4. The van der Waals surface area contributed by atoms with Gasteiger partial charge in [-0.1, -0.05) is 37.3 Å². The monoisotopic (exact) mass is 460 g/mol. The fourth-order valence-electron chi connectivity index (χ4n) is 3.67. The summed E-state index contributed by atoms with van der Waals surface area (Å²) >= 11 is 1.77. The number of thioether (sulfide) groups is 1. The Labute approximate surface area is 190 Å². The third kappa shape index (κ3) is 6.11. The second-order valence-electron chi connectivity index (χ2n) is 8.30. The van der Waals surface area contributed by atoms with E-state index in [9.17, 15) is 13.2 Å². The Morgan fingerprint density at radius 2 is 1.81 bits per heavy atom. The number of nitrogens with zero attached hydrogens (tertiary/aromatic N) is 1. The predicted octanol–water partition coefficient (Wildman–Crippen LogP) is 4.39. The van der Waals surface area contributed by atoms with Crippen molar-refractivity contribution in [1.29, 1.82) is 0 Å². The summed E-state index contributed by atoms with van der Waals surface area (Å²) in [5, 5.41) is 2.94. The first kappa shape index (κ1) is 23.8. The maximum Gasteiger partial charge on any atom is 0.251 e. The molecule has 2 aromatic rings. The van der Waals surface area contributed by atoms with E-state index in [1.165, 1.54) is 17.2 Å². The third-order valence-corrected chi connectivity index (χ3v) is 8.79. The lowest BCUT2D eigenvalue weighted by molar-refractivity contribution is 0.0955. The zero-order valence-corrected chi connectivity index (χ0v) is 20.2. The van der Waals surface area contributed by atoms with Crippen LogP contribution in [-0.4, -0.2) is 44.0 Å². The van der Waals surface area contributed by atoms with Crippen LogP contribution in [0.1, 0.15) is 46.8 Å². The molecule has 1 amide bonds. The lowest BCUT2D eigenvalue weighted by Crippen LogP contribution is -2.38. The molecule has 1 fully saturated rings. The van der Waals surface area contributed by atoms with Gasteiger partial charge in [0.2, 0.25) is 10.0 Å². The normalized spacial score (nSPS) is 15.7. The summed E-state index contributed by atoms with van der Waals surface area (Å²) in [6.45, 7) is 7.70. The van der Waals surface area contributed by atoms with Crippen molar-refractivity contribution in [2.75, 3.05) is 25.4 Å². The fourth-order valence-corrected chi connectivity index (χ4v) is 6.10. The van der Waals surface area contributed by atoms with Gasteiger partial charge in [0.25, 0.3) is 5.91 Å². The Kier molecular flexibility index (Phi) is 8.19. The van der Waals surface area contributed by atoms with Crippen molar-refractivity contribution >= 4 is 27.7 Å². The summed E-state index contributed by atoms with van der Waals surface area (Å²) in [7, 11) is -3.57. The maximum atomic E-state index is 13.0. The molecule has 1 aliphatic rings. The van der Waals surface area contributed by atoms with Crippen LogP contribution in [0, 0.1) is 19.8 Å². The molecule has 0 atom stereocenters. The van der Waals surface area contributed by atoms with Crippen LogP contribution in [0.3, 0.4) is 0 Å². The molecule has 2 aromatic carbocycles. The van der Waals surface area contributed by atoms with E-state index in [1.807, 2.05) is 19.1 Å². The molecule has 3 rings (SSSR count).